The molecule has 0 fully saturated rings. The van der Waals surface area contributed by atoms with Gasteiger partial charge < -0.3 is 15.6 Å². The molecule has 0 radical (unpaired) electrons. The highest BCUT2D eigenvalue weighted by molar-refractivity contribution is 7.10. The number of H-pyrrole nitrogens is 1. The van der Waals surface area contributed by atoms with Crippen LogP contribution in [0.3, 0.4) is 0 Å². The fourth-order valence-corrected chi connectivity index (χ4v) is 2.89. The molecule has 0 atom stereocenters. The van der Waals surface area contributed by atoms with E-state index in [1.807, 2.05) is 29.8 Å². The Morgan fingerprint density at radius 2 is 2.20 bits per heavy atom. The first-order valence-electron chi connectivity index (χ1n) is 6.37. The molecule has 0 spiro atoms. The van der Waals surface area contributed by atoms with E-state index in [9.17, 15) is 4.79 Å². The summed E-state index contributed by atoms with van der Waals surface area (Å²) in [5.41, 5.74) is 3.09. The molecule has 0 saturated carbocycles. The van der Waals surface area contributed by atoms with E-state index in [-0.39, 0.29) is 5.91 Å². The topological polar surface area (TPSA) is 56.9 Å². The Balaban J connectivity index is 1.72. The smallest absolute Gasteiger partial charge is 0.221 e. The number of carbonyl (C=O) groups excluding carboxylic acids is 1. The molecule has 0 bridgehead atoms. The number of hydrogen-bond donors (Lipinski definition) is 3. The first-order valence-corrected chi connectivity index (χ1v) is 7.25. The number of benzene rings is 1. The van der Waals surface area contributed by atoms with E-state index in [4.69, 9.17) is 0 Å². The molecular formula is C15H15N3OS. The number of rotatable bonds is 4. The van der Waals surface area contributed by atoms with Crippen LogP contribution in [-0.4, -0.2) is 10.9 Å². The standard InChI is InChI=1S/C15H15N3OS/c1-10(19)18-14-5-7-20-15(14)9-17-12-2-3-13-11(8-12)4-6-16-13/h2-8,16-17H,9H2,1H3,(H,18,19). The molecule has 2 aromatic heterocycles. The molecular weight excluding hydrogens is 270 g/mol. The molecule has 1 amide bonds. The van der Waals surface area contributed by atoms with Crippen molar-refractivity contribution in [2.24, 2.45) is 0 Å². The predicted octanol–water partition coefficient (Wildman–Crippen LogP) is 3.80. The van der Waals surface area contributed by atoms with Gasteiger partial charge in [0.2, 0.25) is 5.91 Å². The second-order valence-corrected chi connectivity index (χ2v) is 5.57. The van der Waals surface area contributed by atoms with Crippen LogP contribution >= 0.6 is 11.3 Å². The Labute approximate surface area is 120 Å². The lowest BCUT2D eigenvalue weighted by Gasteiger charge is -2.08. The monoisotopic (exact) mass is 285 g/mol. The van der Waals surface area contributed by atoms with Crippen molar-refractivity contribution >= 4 is 39.5 Å². The van der Waals surface area contributed by atoms with E-state index in [0.29, 0.717) is 6.54 Å². The van der Waals surface area contributed by atoms with Crippen LogP contribution in [0.4, 0.5) is 11.4 Å². The summed E-state index contributed by atoms with van der Waals surface area (Å²) in [6.07, 6.45) is 1.93. The van der Waals surface area contributed by atoms with Gasteiger partial charge in [-0.1, -0.05) is 0 Å². The average molecular weight is 285 g/mol. The van der Waals surface area contributed by atoms with E-state index in [1.165, 1.54) is 12.3 Å². The average Bonchev–Trinajstić information content (AvgIpc) is 3.03. The number of carbonyl (C=O) groups is 1. The highest BCUT2D eigenvalue weighted by Crippen LogP contribution is 2.24. The van der Waals surface area contributed by atoms with Crippen LogP contribution in [0.15, 0.2) is 41.9 Å². The summed E-state index contributed by atoms with van der Waals surface area (Å²) in [5.74, 6) is -0.0432. The van der Waals surface area contributed by atoms with Crippen molar-refractivity contribution in [2.75, 3.05) is 10.6 Å². The van der Waals surface area contributed by atoms with Gasteiger partial charge in [-0.15, -0.1) is 11.3 Å². The number of amides is 1. The number of aromatic nitrogens is 1. The maximum atomic E-state index is 11.1. The third-order valence-electron chi connectivity index (χ3n) is 3.06. The van der Waals surface area contributed by atoms with Crippen molar-refractivity contribution in [3.63, 3.8) is 0 Å². The Hall–Kier alpha value is -2.27. The van der Waals surface area contributed by atoms with Crippen LogP contribution < -0.4 is 10.6 Å². The van der Waals surface area contributed by atoms with Crippen LogP contribution in [0.25, 0.3) is 10.9 Å². The lowest BCUT2D eigenvalue weighted by Crippen LogP contribution is -2.08. The molecule has 0 aliphatic heterocycles. The van der Waals surface area contributed by atoms with Crippen molar-refractivity contribution in [2.45, 2.75) is 13.5 Å². The third-order valence-corrected chi connectivity index (χ3v) is 3.98. The van der Waals surface area contributed by atoms with Crippen molar-refractivity contribution in [1.82, 2.24) is 4.98 Å². The van der Waals surface area contributed by atoms with Gasteiger partial charge in [0.05, 0.1) is 12.2 Å². The quantitative estimate of drug-likeness (QED) is 0.683. The van der Waals surface area contributed by atoms with E-state index in [2.05, 4.69) is 27.8 Å². The molecule has 4 nitrogen and oxygen atoms in total. The van der Waals surface area contributed by atoms with E-state index < -0.39 is 0 Å². The fraction of sp³-hybridized carbons (Fsp3) is 0.133. The number of aromatic amines is 1. The molecule has 5 heteroatoms. The van der Waals surface area contributed by atoms with E-state index in [0.717, 1.165) is 21.8 Å². The van der Waals surface area contributed by atoms with Gasteiger partial charge in [0, 0.05) is 34.6 Å². The summed E-state index contributed by atoms with van der Waals surface area (Å²) in [6.45, 7) is 2.22. The molecule has 0 aliphatic rings. The van der Waals surface area contributed by atoms with Crippen LogP contribution in [0.5, 0.6) is 0 Å². The molecule has 102 valence electrons. The molecule has 0 unspecified atom stereocenters. The Morgan fingerprint density at radius 3 is 3.05 bits per heavy atom. The third kappa shape index (κ3) is 2.67. The van der Waals surface area contributed by atoms with Crippen molar-refractivity contribution in [3.05, 3.63) is 46.8 Å². The van der Waals surface area contributed by atoms with Crippen molar-refractivity contribution in [3.8, 4) is 0 Å². The van der Waals surface area contributed by atoms with Crippen molar-refractivity contribution in [1.29, 1.82) is 0 Å². The first kappa shape index (κ1) is 12.7. The summed E-state index contributed by atoms with van der Waals surface area (Å²) >= 11 is 1.63. The molecule has 1 aromatic carbocycles. The summed E-state index contributed by atoms with van der Waals surface area (Å²) in [7, 11) is 0. The maximum Gasteiger partial charge on any atom is 0.221 e. The molecule has 3 aromatic rings. The number of fused-ring (bicyclic) bond motifs is 1. The molecule has 2 heterocycles. The predicted molar refractivity (Wildman–Crippen MR) is 84.2 cm³/mol. The van der Waals surface area contributed by atoms with Crippen LogP contribution in [-0.2, 0) is 11.3 Å². The van der Waals surface area contributed by atoms with Gasteiger partial charge in [-0.05, 0) is 35.7 Å². The molecule has 0 saturated heterocycles. The van der Waals surface area contributed by atoms with Crippen molar-refractivity contribution < 1.29 is 4.79 Å². The maximum absolute atomic E-state index is 11.1. The minimum absolute atomic E-state index is 0.0432. The summed E-state index contributed by atoms with van der Waals surface area (Å²) in [5, 5.41) is 9.40. The first-order chi connectivity index (χ1) is 9.72. The zero-order chi connectivity index (χ0) is 13.9. The number of thiophene rings is 1. The second kappa shape index (κ2) is 5.38. The van der Waals surface area contributed by atoms with E-state index >= 15 is 0 Å². The zero-order valence-corrected chi connectivity index (χ0v) is 11.9. The second-order valence-electron chi connectivity index (χ2n) is 4.57. The Bertz CT molecular complexity index is 744. The van der Waals surface area contributed by atoms with Gasteiger partial charge in [0.15, 0.2) is 0 Å². The molecule has 3 rings (SSSR count). The largest absolute Gasteiger partial charge is 0.380 e. The summed E-state index contributed by atoms with van der Waals surface area (Å²) < 4.78 is 0. The number of nitrogens with one attached hydrogen (secondary N) is 3. The van der Waals surface area contributed by atoms with Gasteiger partial charge >= 0.3 is 0 Å². The summed E-state index contributed by atoms with van der Waals surface area (Å²) in [6, 6.07) is 10.2. The molecule has 3 N–H and O–H groups in total. The van der Waals surface area contributed by atoms with Gasteiger partial charge in [-0.3, -0.25) is 4.79 Å². The minimum Gasteiger partial charge on any atom is -0.380 e. The van der Waals surface area contributed by atoms with E-state index in [1.54, 1.807) is 11.3 Å². The molecule has 20 heavy (non-hydrogen) atoms. The lowest BCUT2D eigenvalue weighted by molar-refractivity contribution is -0.114. The Morgan fingerprint density at radius 1 is 1.30 bits per heavy atom. The highest BCUT2D eigenvalue weighted by atomic mass is 32.1. The normalized spacial score (nSPS) is 10.7. The van der Waals surface area contributed by atoms with Crippen LogP contribution in [0.1, 0.15) is 11.8 Å². The summed E-state index contributed by atoms with van der Waals surface area (Å²) in [4.78, 5) is 15.4. The van der Waals surface area contributed by atoms with Crippen LogP contribution in [0.2, 0.25) is 0 Å². The molecule has 0 aliphatic carbocycles. The fourth-order valence-electron chi connectivity index (χ4n) is 2.12. The lowest BCUT2D eigenvalue weighted by atomic mass is 10.2. The number of anilines is 2. The van der Waals surface area contributed by atoms with Gasteiger partial charge in [-0.2, -0.15) is 0 Å². The SMILES string of the molecule is CC(=O)Nc1ccsc1CNc1ccc2[nH]ccc2c1. The Kier molecular flexibility index (Phi) is 3.43. The highest BCUT2D eigenvalue weighted by Gasteiger charge is 2.05. The van der Waals surface area contributed by atoms with Crippen LogP contribution in [0, 0.1) is 0 Å². The van der Waals surface area contributed by atoms with Gasteiger partial charge in [-0.25, -0.2) is 0 Å². The minimum atomic E-state index is -0.0432. The number of hydrogen-bond acceptors (Lipinski definition) is 3. The zero-order valence-electron chi connectivity index (χ0n) is 11.1. The van der Waals surface area contributed by atoms with Gasteiger partial charge in [0.1, 0.15) is 0 Å². The van der Waals surface area contributed by atoms with Gasteiger partial charge in [0.25, 0.3) is 0 Å².